The van der Waals surface area contributed by atoms with Crippen molar-refractivity contribution in [2.75, 3.05) is 24.7 Å². The lowest BCUT2D eigenvalue weighted by Crippen LogP contribution is -2.52. The van der Waals surface area contributed by atoms with Gasteiger partial charge in [-0.25, -0.2) is 0 Å². The largest absolute Gasteiger partial charge is 0.459 e. The predicted octanol–water partition coefficient (Wildman–Crippen LogP) is 4.73. The van der Waals surface area contributed by atoms with Crippen molar-refractivity contribution in [1.29, 1.82) is 0 Å². The third-order valence-corrected chi connectivity index (χ3v) is 8.09. The Balaban J connectivity index is 1.37. The minimum atomic E-state index is -0.271. The zero-order valence-corrected chi connectivity index (χ0v) is 18.6. The van der Waals surface area contributed by atoms with Gasteiger partial charge >= 0.3 is 0 Å². The molecule has 0 N–H and O–H groups in total. The van der Waals surface area contributed by atoms with Crippen LogP contribution in [0.4, 0.5) is 0 Å². The number of likely N-dealkylation sites (tertiary alicyclic amines) is 1. The molecule has 2 aromatic carbocycles. The third kappa shape index (κ3) is 3.72. The highest BCUT2D eigenvalue weighted by atomic mass is 35.5. The van der Waals surface area contributed by atoms with Crippen molar-refractivity contribution in [3.05, 3.63) is 60.4 Å². The van der Waals surface area contributed by atoms with E-state index < -0.39 is 0 Å². The maximum absolute atomic E-state index is 12.7. The smallest absolute Gasteiger partial charge is 0.237 e. The van der Waals surface area contributed by atoms with E-state index in [2.05, 4.69) is 24.3 Å². The second-order valence-electron chi connectivity index (χ2n) is 8.02. The van der Waals surface area contributed by atoms with Crippen molar-refractivity contribution >= 4 is 45.9 Å². The van der Waals surface area contributed by atoms with E-state index in [0.29, 0.717) is 25.4 Å². The fourth-order valence-electron chi connectivity index (χ4n) is 4.62. The number of furan rings is 1. The first-order chi connectivity index (χ1) is 15.1. The van der Waals surface area contributed by atoms with Gasteiger partial charge < -0.3 is 14.2 Å². The lowest BCUT2D eigenvalue weighted by molar-refractivity contribution is -0.134. The lowest BCUT2D eigenvalue weighted by Gasteiger charge is -2.43. The van der Waals surface area contributed by atoms with Gasteiger partial charge in [-0.1, -0.05) is 42.5 Å². The van der Waals surface area contributed by atoms with E-state index in [0.717, 1.165) is 35.3 Å². The molecule has 31 heavy (non-hydrogen) atoms. The molecule has 3 heterocycles. The first-order valence-corrected chi connectivity index (χ1v) is 12.0. The molecule has 2 aliphatic heterocycles. The molecule has 5 nitrogen and oxygen atoms in total. The van der Waals surface area contributed by atoms with E-state index in [1.165, 1.54) is 5.39 Å². The van der Waals surface area contributed by atoms with E-state index in [1.54, 1.807) is 16.7 Å². The molecular formula is C24H23ClN2O3S. The summed E-state index contributed by atoms with van der Waals surface area (Å²) in [5.74, 6) is 2.15. The second kappa shape index (κ2) is 8.24. The van der Waals surface area contributed by atoms with Gasteiger partial charge in [0.15, 0.2) is 0 Å². The summed E-state index contributed by atoms with van der Waals surface area (Å²) in [6, 6.07) is 18.4. The molecule has 0 radical (unpaired) electrons. The molecule has 2 aliphatic rings. The van der Waals surface area contributed by atoms with E-state index in [9.17, 15) is 9.59 Å². The molecule has 7 heteroatoms. The molecule has 3 aromatic rings. The minimum absolute atomic E-state index is 0.00608. The van der Waals surface area contributed by atoms with Crippen LogP contribution in [0.15, 0.2) is 59.0 Å². The number of amides is 2. The lowest BCUT2D eigenvalue weighted by atomic mass is 10.0. The average Bonchev–Trinajstić information content (AvgIpc) is 3.40. The van der Waals surface area contributed by atoms with Gasteiger partial charge in [-0.15, -0.1) is 23.4 Å². The Labute approximate surface area is 190 Å². The molecule has 2 amide bonds. The third-order valence-electron chi connectivity index (χ3n) is 6.30. The average molecular weight is 455 g/mol. The molecule has 5 rings (SSSR count). The Morgan fingerprint density at radius 2 is 1.84 bits per heavy atom. The van der Waals surface area contributed by atoms with Gasteiger partial charge in [0.2, 0.25) is 11.8 Å². The molecule has 1 aromatic heterocycles. The second-order valence-corrected chi connectivity index (χ2v) is 9.63. The van der Waals surface area contributed by atoms with Crippen molar-refractivity contribution in [1.82, 2.24) is 9.80 Å². The zero-order valence-electron chi connectivity index (χ0n) is 17.1. The van der Waals surface area contributed by atoms with E-state index >= 15 is 0 Å². The molecule has 2 fully saturated rings. The highest BCUT2D eigenvalue weighted by Crippen LogP contribution is 2.45. The maximum Gasteiger partial charge on any atom is 0.237 e. The number of hydrogen-bond donors (Lipinski definition) is 0. The SMILES string of the molecule is O=C(CCl)N1CCC2(CC1)SCC(=O)N2Cc1ccc(-c2cccc3ccccc23)o1. The number of rotatable bonds is 4. The van der Waals surface area contributed by atoms with Gasteiger partial charge in [-0.3, -0.25) is 9.59 Å². The Bertz CT molecular complexity index is 1130. The summed E-state index contributed by atoms with van der Waals surface area (Å²) < 4.78 is 6.21. The summed E-state index contributed by atoms with van der Waals surface area (Å²) in [4.78, 5) is 28.1. The van der Waals surface area contributed by atoms with Crippen LogP contribution < -0.4 is 0 Å². The van der Waals surface area contributed by atoms with E-state index in [-0.39, 0.29) is 22.6 Å². The number of nitrogens with zero attached hydrogens (tertiary/aromatic N) is 2. The highest BCUT2D eigenvalue weighted by molar-refractivity contribution is 8.01. The van der Waals surface area contributed by atoms with Crippen molar-refractivity contribution in [2.24, 2.45) is 0 Å². The summed E-state index contributed by atoms with van der Waals surface area (Å²) in [6.45, 7) is 1.70. The quantitative estimate of drug-likeness (QED) is 0.534. The molecule has 0 atom stereocenters. The Hall–Kier alpha value is -2.44. The number of hydrogen-bond acceptors (Lipinski definition) is 4. The molecular weight excluding hydrogens is 432 g/mol. The number of thioether (sulfide) groups is 1. The topological polar surface area (TPSA) is 53.8 Å². The number of alkyl halides is 1. The molecule has 1 spiro atoms. The fourth-order valence-corrected chi connectivity index (χ4v) is 6.13. The van der Waals surface area contributed by atoms with Crippen LogP contribution in [0.2, 0.25) is 0 Å². The van der Waals surface area contributed by atoms with Crippen molar-refractivity contribution < 1.29 is 14.0 Å². The molecule has 0 unspecified atom stereocenters. The summed E-state index contributed by atoms with van der Waals surface area (Å²) in [6.07, 6.45) is 1.51. The van der Waals surface area contributed by atoms with E-state index in [1.807, 2.05) is 35.2 Å². The zero-order chi connectivity index (χ0) is 21.4. The van der Waals surface area contributed by atoms with Crippen molar-refractivity contribution in [3.63, 3.8) is 0 Å². The first-order valence-electron chi connectivity index (χ1n) is 10.4. The number of piperidine rings is 1. The van der Waals surface area contributed by atoms with Gasteiger partial charge in [0.1, 0.15) is 17.4 Å². The minimum Gasteiger partial charge on any atom is -0.459 e. The summed E-state index contributed by atoms with van der Waals surface area (Å²) >= 11 is 7.40. The molecule has 0 bridgehead atoms. The number of benzene rings is 2. The Morgan fingerprint density at radius 3 is 2.65 bits per heavy atom. The van der Waals surface area contributed by atoms with Crippen LogP contribution in [0.5, 0.6) is 0 Å². The van der Waals surface area contributed by atoms with Gasteiger partial charge in [0, 0.05) is 18.7 Å². The Kier molecular flexibility index (Phi) is 5.44. The van der Waals surface area contributed by atoms with Crippen LogP contribution in [-0.4, -0.2) is 51.2 Å². The van der Waals surface area contributed by atoms with Crippen LogP contribution >= 0.6 is 23.4 Å². The van der Waals surface area contributed by atoms with Crippen LogP contribution in [-0.2, 0) is 16.1 Å². The van der Waals surface area contributed by atoms with Gasteiger partial charge in [-0.05, 0) is 35.7 Å². The standard InChI is InChI=1S/C24H23ClN2O3S/c25-14-22(28)26-12-10-24(11-13-26)27(23(29)16-31-24)15-18-8-9-21(30-18)20-7-3-5-17-4-1-2-6-19(17)20/h1-9H,10-16H2. The number of fused-ring (bicyclic) bond motifs is 1. The molecule has 0 aliphatic carbocycles. The first kappa shape index (κ1) is 20.5. The maximum atomic E-state index is 12.7. The van der Waals surface area contributed by atoms with Crippen LogP contribution in [0.25, 0.3) is 22.1 Å². The summed E-state index contributed by atoms with van der Waals surface area (Å²) in [7, 11) is 0. The van der Waals surface area contributed by atoms with Crippen LogP contribution in [0, 0.1) is 0 Å². The van der Waals surface area contributed by atoms with Gasteiger partial charge in [0.05, 0.1) is 17.2 Å². The van der Waals surface area contributed by atoms with E-state index in [4.69, 9.17) is 16.0 Å². The van der Waals surface area contributed by atoms with Crippen LogP contribution in [0.1, 0.15) is 18.6 Å². The van der Waals surface area contributed by atoms with Gasteiger partial charge in [0.25, 0.3) is 0 Å². The number of carbonyl (C=O) groups is 2. The highest BCUT2D eigenvalue weighted by Gasteiger charge is 2.48. The van der Waals surface area contributed by atoms with Gasteiger partial charge in [-0.2, -0.15) is 0 Å². The normalized spacial score (nSPS) is 18.3. The molecule has 0 saturated carbocycles. The predicted molar refractivity (Wildman–Crippen MR) is 124 cm³/mol. The molecule has 2 saturated heterocycles. The number of carbonyl (C=O) groups excluding carboxylic acids is 2. The summed E-state index contributed by atoms with van der Waals surface area (Å²) in [5.41, 5.74) is 1.05. The fraction of sp³-hybridized carbons (Fsp3) is 0.333. The Morgan fingerprint density at radius 1 is 1.06 bits per heavy atom. The summed E-state index contributed by atoms with van der Waals surface area (Å²) in [5, 5.41) is 2.31. The van der Waals surface area contributed by atoms with Crippen LogP contribution in [0.3, 0.4) is 0 Å². The monoisotopic (exact) mass is 454 g/mol. The molecule has 160 valence electrons. The van der Waals surface area contributed by atoms with Crippen molar-refractivity contribution in [2.45, 2.75) is 24.3 Å². The van der Waals surface area contributed by atoms with Crippen molar-refractivity contribution in [3.8, 4) is 11.3 Å². The number of halogens is 1.